The summed E-state index contributed by atoms with van der Waals surface area (Å²) in [5, 5.41) is 0. The molecule has 0 aliphatic rings. The maximum atomic E-state index is 12.4. The topological polar surface area (TPSA) is 85.1 Å². The van der Waals surface area contributed by atoms with Gasteiger partial charge in [0, 0.05) is 25.0 Å². The molecule has 0 saturated heterocycles. The molecule has 0 aliphatic carbocycles. The van der Waals surface area contributed by atoms with Gasteiger partial charge < -0.3 is 5.73 Å². The Kier molecular flexibility index (Phi) is 4.72. The van der Waals surface area contributed by atoms with Gasteiger partial charge in [0.05, 0.1) is 4.90 Å². The van der Waals surface area contributed by atoms with Crippen molar-refractivity contribution in [3.05, 3.63) is 59.4 Å². The monoisotopic (exact) mass is 305 g/mol. The third kappa shape index (κ3) is 3.66. The minimum Gasteiger partial charge on any atom is -0.326 e. The quantitative estimate of drug-likeness (QED) is 0.883. The van der Waals surface area contributed by atoms with Gasteiger partial charge in [0.15, 0.2) is 0 Å². The summed E-state index contributed by atoms with van der Waals surface area (Å²) in [5.74, 6) is 0. The highest BCUT2D eigenvalue weighted by Gasteiger charge is 2.18. The highest BCUT2D eigenvalue weighted by molar-refractivity contribution is 7.89. The maximum Gasteiger partial charge on any atom is 0.241 e. The lowest BCUT2D eigenvalue weighted by atomic mass is 10.1. The van der Waals surface area contributed by atoms with Crippen LogP contribution in [0, 0.1) is 6.92 Å². The molecule has 112 valence electrons. The van der Waals surface area contributed by atoms with Crippen LogP contribution in [-0.4, -0.2) is 13.4 Å². The average Bonchev–Trinajstić information content (AvgIpc) is 2.47. The maximum absolute atomic E-state index is 12.4. The summed E-state index contributed by atoms with van der Waals surface area (Å²) in [6.07, 6.45) is 3.28. The van der Waals surface area contributed by atoms with E-state index in [1.807, 2.05) is 6.92 Å². The third-order valence-electron chi connectivity index (χ3n) is 3.38. The van der Waals surface area contributed by atoms with E-state index in [-0.39, 0.29) is 10.9 Å². The second-order valence-corrected chi connectivity index (χ2v) is 6.63. The summed E-state index contributed by atoms with van der Waals surface area (Å²) in [7, 11) is -3.57. The van der Waals surface area contributed by atoms with Gasteiger partial charge in [0.1, 0.15) is 0 Å². The Labute approximate surface area is 125 Å². The van der Waals surface area contributed by atoms with Gasteiger partial charge in [0.25, 0.3) is 0 Å². The van der Waals surface area contributed by atoms with Crippen molar-refractivity contribution in [1.82, 2.24) is 9.71 Å². The Bertz CT molecular complexity index is 715. The van der Waals surface area contributed by atoms with Crippen LogP contribution in [0.3, 0.4) is 0 Å². The molecule has 1 aromatic heterocycles. The van der Waals surface area contributed by atoms with E-state index in [1.165, 1.54) is 0 Å². The van der Waals surface area contributed by atoms with Crippen molar-refractivity contribution in [2.75, 3.05) is 0 Å². The first-order chi connectivity index (χ1) is 9.94. The fourth-order valence-electron chi connectivity index (χ4n) is 2.09. The SMILES string of the molecule is Cc1cc(S(=O)(=O)NC(C)c2ccncc2)ccc1CN. The Hall–Kier alpha value is -1.76. The Morgan fingerprint density at radius 3 is 2.48 bits per heavy atom. The number of hydrogen-bond acceptors (Lipinski definition) is 4. The largest absolute Gasteiger partial charge is 0.326 e. The minimum atomic E-state index is -3.57. The summed E-state index contributed by atoms with van der Waals surface area (Å²) >= 11 is 0. The molecule has 1 atom stereocenters. The number of pyridine rings is 1. The first-order valence-corrected chi connectivity index (χ1v) is 8.14. The Morgan fingerprint density at radius 2 is 1.90 bits per heavy atom. The molecule has 21 heavy (non-hydrogen) atoms. The molecule has 0 saturated carbocycles. The molecule has 1 heterocycles. The number of benzene rings is 1. The van der Waals surface area contributed by atoms with Gasteiger partial charge in [-0.05, 0) is 54.8 Å². The van der Waals surface area contributed by atoms with Crippen LogP contribution < -0.4 is 10.5 Å². The zero-order chi connectivity index (χ0) is 15.5. The fourth-order valence-corrected chi connectivity index (χ4v) is 3.40. The number of nitrogens with two attached hydrogens (primary N) is 1. The predicted octanol–water partition coefficient (Wildman–Crippen LogP) is 1.89. The molecule has 1 unspecified atom stereocenters. The first-order valence-electron chi connectivity index (χ1n) is 6.66. The molecule has 3 N–H and O–H groups in total. The van der Waals surface area contributed by atoms with Gasteiger partial charge in [-0.15, -0.1) is 0 Å². The second-order valence-electron chi connectivity index (χ2n) is 4.92. The van der Waals surface area contributed by atoms with Crippen molar-refractivity contribution < 1.29 is 8.42 Å². The number of aryl methyl sites for hydroxylation is 1. The summed E-state index contributed by atoms with van der Waals surface area (Å²) in [6.45, 7) is 4.05. The lowest BCUT2D eigenvalue weighted by Crippen LogP contribution is -2.27. The van der Waals surface area contributed by atoms with Crippen LogP contribution in [0.1, 0.15) is 29.7 Å². The average molecular weight is 305 g/mol. The van der Waals surface area contributed by atoms with Gasteiger partial charge in [-0.25, -0.2) is 13.1 Å². The van der Waals surface area contributed by atoms with Gasteiger partial charge in [0.2, 0.25) is 10.0 Å². The van der Waals surface area contributed by atoms with Crippen LogP contribution in [0.4, 0.5) is 0 Å². The van der Waals surface area contributed by atoms with Crippen LogP contribution >= 0.6 is 0 Å². The lowest BCUT2D eigenvalue weighted by Gasteiger charge is -2.15. The number of nitrogens with one attached hydrogen (secondary N) is 1. The number of aromatic nitrogens is 1. The zero-order valence-electron chi connectivity index (χ0n) is 12.1. The van der Waals surface area contributed by atoms with Crippen molar-refractivity contribution in [2.45, 2.75) is 31.3 Å². The smallest absolute Gasteiger partial charge is 0.241 e. The van der Waals surface area contributed by atoms with Crippen molar-refractivity contribution in [3.8, 4) is 0 Å². The van der Waals surface area contributed by atoms with E-state index in [4.69, 9.17) is 5.73 Å². The molecule has 6 heteroatoms. The van der Waals surface area contributed by atoms with Crippen LogP contribution in [0.15, 0.2) is 47.6 Å². The molecule has 0 radical (unpaired) electrons. The molecule has 0 spiro atoms. The molecule has 0 bridgehead atoms. The van der Waals surface area contributed by atoms with E-state index >= 15 is 0 Å². The van der Waals surface area contributed by atoms with E-state index in [0.717, 1.165) is 16.7 Å². The van der Waals surface area contributed by atoms with Crippen molar-refractivity contribution in [3.63, 3.8) is 0 Å². The Morgan fingerprint density at radius 1 is 1.24 bits per heavy atom. The van der Waals surface area contributed by atoms with Gasteiger partial charge >= 0.3 is 0 Å². The molecule has 0 fully saturated rings. The van der Waals surface area contributed by atoms with E-state index in [2.05, 4.69) is 9.71 Å². The molecule has 2 rings (SSSR count). The van der Waals surface area contributed by atoms with Crippen LogP contribution in [0.5, 0.6) is 0 Å². The van der Waals surface area contributed by atoms with E-state index in [9.17, 15) is 8.42 Å². The minimum absolute atomic E-state index is 0.248. The van der Waals surface area contributed by atoms with Crippen molar-refractivity contribution in [2.24, 2.45) is 5.73 Å². The molecule has 2 aromatic rings. The van der Waals surface area contributed by atoms with E-state index in [0.29, 0.717) is 6.54 Å². The molecule has 1 aromatic carbocycles. The van der Waals surface area contributed by atoms with E-state index < -0.39 is 10.0 Å². The highest BCUT2D eigenvalue weighted by atomic mass is 32.2. The summed E-state index contributed by atoms with van der Waals surface area (Å²) in [5.41, 5.74) is 8.27. The van der Waals surface area contributed by atoms with Gasteiger partial charge in [-0.2, -0.15) is 0 Å². The standard InChI is InChI=1S/C15H19N3O2S/c1-11-9-15(4-3-14(11)10-16)21(19,20)18-12(2)13-5-7-17-8-6-13/h3-9,12,18H,10,16H2,1-2H3. The van der Waals surface area contributed by atoms with Gasteiger partial charge in [-0.3, -0.25) is 4.98 Å². The number of rotatable bonds is 5. The fraction of sp³-hybridized carbons (Fsp3) is 0.267. The summed E-state index contributed by atoms with van der Waals surface area (Å²) < 4.78 is 27.5. The van der Waals surface area contributed by atoms with Crippen LogP contribution in [0.2, 0.25) is 0 Å². The molecular formula is C15H19N3O2S. The van der Waals surface area contributed by atoms with Crippen LogP contribution in [-0.2, 0) is 16.6 Å². The lowest BCUT2D eigenvalue weighted by molar-refractivity contribution is 0.566. The second kappa shape index (κ2) is 6.34. The summed E-state index contributed by atoms with van der Waals surface area (Å²) in [6, 6.07) is 8.22. The first kappa shape index (κ1) is 15.6. The van der Waals surface area contributed by atoms with Crippen molar-refractivity contribution in [1.29, 1.82) is 0 Å². The summed E-state index contributed by atoms with van der Waals surface area (Å²) in [4.78, 5) is 4.17. The molecule has 0 aliphatic heterocycles. The normalized spacial score (nSPS) is 13.1. The van der Waals surface area contributed by atoms with Gasteiger partial charge in [-0.1, -0.05) is 6.07 Å². The number of sulfonamides is 1. The molecular weight excluding hydrogens is 286 g/mol. The third-order valence-corrected chi connectivity index (χ3v) is 4.92. The molecule has 5 nitrogen and oxygen atoms in total. The van der Waals surface area contributed by atoms with E-state index in [1.54, 1.807) is 49.6 Å². The van der Waals surface area contributed by atoms with Crippen LogP contribution in [0.25, 0.3) is 0 Å². The predicted molar refractivity (Wildman–Crippen MR) is 82.0 cm³/mol. The number of nitrogens with zero attached hydrogens (tertiary/aromatic N) is 1. The Balaban J connectivity index is 2.24. The van der Waals surface area contributed by atoms with Crippen molar-refractivity contribution >= 4 is 10.0 Å². The number of hydrogen-bond donors (Lipinski definition) is 2. The zero-order valence-corrected chi connectivity index (χ0v) is 12.9. The highest BCUT2D eigenvalue weighted by Crippen LogP contribution is 2.18. The molecule has 0 amide bonds.